The van der Waals surface area contributed by atoms with Gasteiger partial charge in [0.25, 0.3) is 0 Å². The smallest absolute Gasteiger partial charge is 0.363 e. The highest BCUT2D eigenvalue weighted by Crippen LogP contribution is 2.30. The summed E-state index contributed by atoms with van der Waals surface area (Å²) >= 11 is 0. The lowest BCUT2D eigenvalue weighted by molar-refractivity contribution is -0.143. The highest BCUT2D eigenvalue weighted by atomic mass is 16.6. The molecule has 7 heteroatoms. The van der Waals surface area contributed by atoms with Crippen LogP contribution in [0, 0.1) is 6.92 Å². The number of aliphatic imine (C=N–C) groups is 1. The van der Waals surface area contributed by atoms with E-state index in [0.29, 0.717) is 23.7 Å². The molecule has 0 saturated carbocycles. The highest BCUT2D eigenvalue weighted by Gasteiger charge is 2.24. The molecule has 3 rings (SSSR count). The predicted octanol–water partition coefficient (Wildman–Crippen LogP) is 3.29. The van der Waals surface area contributed by atoms with Gasteiger partial charge >= 0.3 is 11.9 Å². The Morgan fingerprint density at radius 3 is 2.55 bits per heavy atom. The lowest BCUT2D eigenvalue weighted by atomic mass is 10.1. The van der Waals surface area contributed by atoms with Gasteiger partial charge in [-0.2, -0.15) is 0 Å². The van der Waals surface area contributed by atoms with Gasteiger partial charge in [0.1, 0.15) is 0 Å². The van der Waals surface area contributed by atoms with Crippen LogP contribution in [0.4, 0.5) is 0 Å². The van der Waals surface area contributed by atoms with E-state index in [0.717, 1.165) is 11.1 Å². The summed E-state index contributed by atoms with van der Waals surface area (Å²) in [5.41, 5.74) is 2.70. The molecule has 0 amide bonds. The minimum absolute atomic E-state index is 0.186. The van der Waals surface area contributed by atoms with Crippen molar-refractivity contribution in [2.24, 2.45) is 4.99 Å². The van der Waals surface area contributed by atoms with Crippen molar-refractivity contribution in [3.8, 4) is 11.5 Å². The second kappa shape index (κ2) is 9.05. The van der Waals surface area contributed by atoms with Crippen molar-refractivity contribution in [1.29, 1.82) is 0 Å². The third-order valence-corrected chi connectivity index (χ3v) is 4.06. The molecule has 0 unspecified atom stereocenters. The summed E-state index contributed by atoms with van der Waals surface area (Å²) in [6.45, 7) is 3.99. The molecule has 1 aliphatic rings. The van der Waals surface area contributed by atoms with Crippen molar-refractivity contribution in [3.63, 3.8) is 0 Å². The van der Waals surface area contributed by atoms with Gasteiger partial charge in [-0.25, -0.2) is 14.6 Å². The number of hydrogen-bond acceptors (Lipinski definition) is 7. The molecule has 1 aliphatic heterocycles. The first-order valence-corrected chi connectivity index (χ1v) is 9.06. The van der Waals surface area contributed by atoms with Crippen molar-refractivity contribution in [2.75, 3.05) is 20.3 Å². The van der Waals surface area contributed by atoms with Crippen LogP contribution in [0.15, 0.2) is 53.2 Å². The molecule has 0 radical (unpaired) electrons. The van der Waals surface area contributed by atoms with E-state index >= 15 is 0 Å². The molecule has 1 heterocycles. The van der Waals surface area contributed by atoms with Gasteiger partial charge in [-0.05, 0) is 49.8 Å². The monoisotopic (exact) mass is 395 g/mol. The van der Waals surface area contributed by atoms with E-state index in [-0.39, 0.29) is 18.2 Å². The number of benzene rings is 2. The van der Waals surface area contributed by atoms with Gasteiger partial charge in [0.2, 0.25) is 5.90 Å². The Balaban J connectivity index is 1.84. The molecule has 2 aromatic carbocycles. The Morgan fingerprint density at radius 2 is 1.86 bits per heavy atom. The maximum atomic E-state index is 12.2. The molecule has 0 spiro atoms. The number of ether oxygens (including phenoxy) is 4. The third-order valence-electron chi connectivity index (χ3n) is 4.06. The molecule has 0 aromatic heterocycles. The molecule has 0 N–H and O–H groups in total. The zero-order valence-electron chi connectivity index (χ0n) is 16.4. The van der Waals surface area contributed by atoms with E-state index < -0.39 is 11.9 Å². The number of carbonyl (C=O) groups is 2. The van der Waals surface area contributed by atoms with Crippen LogP contribution in [0.1, 0.15) is 23.6 Å². The van der Waals surface area contributed by atoms with Crippen molar-refractivity contribution in [1.82, 2.24) is 0 Å². The first-order chi connectivity index (χ1) is 14.0. The van der Waals surface area contributed by atoms with Gasteiger partial charge in [0.15, 0.2) is 23.8 Å². The van der Waals surface area contributed by atoms with Crippen molar-refractivity contribution in [2.45, 2.75) is 13.8 Å². The van der Waals surface area contributed by atoms with E-state index in [2.05, 4.69) is 9.73 Å². The number of esters is 2. The van der Waals surface area contributed by atoms with Gasteiger partial charge in [0.05, 0.1) is 13.7 Å². The molecular formula is C22H21NO6. The zero-order valence-corrected chi connectivity index (χ0v) is 16.4. The Bertz CT molecular complexity index is 975. The highest BCUT2D eigenvalue weighted by molar-refractivity contribution is 6.12. The summed E-state index contributed by atoms with van der Waals surface area (Å²) in [6, 6.07) is 12.6. The number of nitrogens with zero attached hydrogens (tertiary/aromatic N) is 1. The second-order valence-electron chi connectivity index (χ2n) is 6.21. The van der Waals surface area contributed by atoms with Crippen LogP contribution in [0.3, 0.4) is 0 Å². The lowest BCUT2D eigenvalue weighted by Crippen LogP contribution is -2.13. The van der Waals surface area contributed by atoms with Crippen molar-refractivity contribution in [3.05, 3.63) is 64.9 Å². The Morgan fingerprint density at radius 1 is 1.10 bits per heavy atom. The van der Waals surface area contributed by atoms with Gasteiger partial charge in [-0.1, -0.05) is 23.8 Å². The van der Waals surface area contributed by atoms with Crippen LogP contribution in [-0.2, 0) is 19.1 Å². The average Bonchev–Trinajstić information content (AvgIpc) is 3.08. The number of hydrogen-bond donors (Lipinski definition) is 0. The minimum Gasteiger partial charge on any atom is -0.490 e. The molecule has 0 fully saturated rings. The maximum Gasteiger partial charge on any atom is 0.363 e. The van der Waals surface area contributed by atoms with E-state index in [1.165, 1.54) is 7.11 Å². The normalized spacial score (nSPS) is 14.4. The molecular weight excluding hydrogens is 374 g/mol. The molecule has 0 bridgehead atoms. The van der Waals surface area contributed by atoms with Gasteiger partial charge in [0, 0.05) is 5.56 Å². The third kappa shape index (κ3) is 5.01. The predicted molar refractivity (Wildman–Crippen MR) is 107 cm³/mol. The molecule has 150 valence electrons. The summed E-state index contributed by atoms with van der Waals surface area (Å²) in [6.07, 6.45) is 1.61. The fraction of sp³-hybridized carbons (Fsp3) is 0.227. The van der Waals surface area contributed by atoms with Crippen LogP contribution in [-0.4, -0.2) is 38.2 Å². The van der Waals surface area contributed by atoms with E-state index in [4.69, 9.17) is 14.2 Å². The molecule has 29 heavy (non-hydrogen) atoms. The molecule has 7 nitrogen and oxygen atoms in total. The SMILES string of the molecule is CCOc1cc(C=C2N=C(c3ccc(C)cc3)OC2=O)ccc1OCC(=O)OC. The number of cyclic esters (lactones) is 1. The van der Waals surface area contributed by atoms with Gasteiger partial charge < -0.3 is 18.9 Å². The van der Waals surface area contributed by atoms with E-state index in [1.54, 1.807) is 24.3 Å². The van der Waals surface area contributed by atoms with Gasteiger partial charge in [-0.15, -0.1) is 0 Å². The fourth-order valence-electron chi connectivity index (χ4n) is 2.58. The Kier molecular flexibility index (Phi) is 6.29. The van der Waals surface area contributed by atoms with E-state index in [1.807, 2.05) is 38.1 Å². The van der Waals surface area contributed by atoms with Crippen LogP contribution < -0.4 is 9.47 Å². The quantitative estimate of drug-likeness (QED) is 0.528. The summed E-state index contributed by atoms with van der Waals surface area (Å²) in [5.74, 6) is 0.0938. The summed E-state index contributed by atoms with van der Waals surface area (Å²) in [7, 11) is 1.29. The Hall–Kier alpha value is -3.61. The Labute approximate surface area is 168 Å². The van der Waals surface area contributed by atoms with Crippen LogP contribution in [0.2, 0.25) is 0 Å². The maximum absolute atomic E-state index is 12.2. The summed E-state index contributed by atoms with van der Waals surface area (Å²) in [5, 5.41) is 0. The molecule has 2 aromatic rings. The first kappa shape index (κ1) is 20.1. The first-order valence-electron chi connectivity index (χ1n) is 9.06. The second-order valence-corrected chi connectivity index (χ2v) is 6.21. The van der Waals surface area contributed by atoms with Crippen LogP contribution in [0.5, 0.6) is 11.5 Å². The number of methoxy groups -OCH3 is 1. The largest absolute Gasteiger partial charge is 0.490 e. The molecule has 0 atom stereocenters. The zero-order chi connectivity index (χ0) is 20.8. The number of carbonyl (C=O) groups excluding carboxylic acids is 2. The number of rotatable bonds is 7. The van der Waals surface area contributed by atoms with Crippen LogP contribution >= 0.6 is 0 Å². The van der Waals surface area contributed by atoms with Crippen LogP contribution in [0.25, 0.3) is 6.08 Å². The minimum atomic E-state index is -0.524. The standard InChI is InChI=1S/C22H21NO6/c1-4-27-19-12-15(7-10-18(19)28-13-20(24)26-3)11-17-22(25)29-21(23-17)16-8-5-14(2)6-9-16/h5-12H,4,13H2,1-3H3. The van der Waals surface area contributed by atoms with Gasteiger partial charge in [-0.3, -0.25) is 0 Å². The topological polar surface area (TPSA) is 83.4 Å². The fourth-order valence-corrected chi connectivity index (χ4v) is 2.58. The average molecular weight is 395 g/mol. The van der Waals surface area contributed by atoms with Crippen molar-refractivity contribution >= 4 is 23.9 Å². The molecule has 0 saturated heterocycles. The van der Waals surface area contributed by atoms with E-state index in [9.17, 15) is 9.59 Å². The summed E-state index contributed by atoms with van der Waals surface area (Å²) in [4.78, 5) is 27.8. The number of aryl methyl sites for hydroxylation is 1. The van der Waals surface area contributed by atoms with Crippen molar-refractivity contribution < 1.29 is 28.5 Å². The molecule has 0 aliphatic carbocycles. The lowest BCUT2D eigenvalue weighted by Gasteiger charge is -2.11. The summed E-state index contributed by atoms with van der Waals surface area (Å²) < 4.78 is 20.9.